The number of carbonyl (C=O) groups is 2. The molecule has 1 unspecified atom stereocenters. The fourth-order valence-corrected chi connectivity index (χ4v) is 7.92. The number of hydrogen-bond donors (Lipinski definition) is 0. The first-order chi connectivity index (χ1) is 16.3. The van der Waals surface area contributed by atoms with E-state index in [1.165, 1.54) is 0 Å². The van der Waals surface area contributed by atoms with Crippen molar-refractivity contribution in [2.45, 2.75) is 92.9 Å². The van der Waals surface area contributed by atoms with Crippen molar-refractivity contribution in [3.8, 4) is 0 Å². The van der Waals surface area contributed by atoms with Gasteiger partial charge in [-0.25, -0.2) is 0 Å². The maximum Gasteiger partial charge on any atom is 0.229 e. The number of hydrogen-bond acceptors (Lipinski definition) is 3. The van der Waals surface area contributed by atoms with E-state index < -0.39 is 18.2 Å². The van der Waals surface area contributed by atoms with Crippen LogP contribution in [0.5, 0.6) is 0 Å². The maximum atomic E-state index is 14.9. The fourth-order valence-electron chi connectivity index (χ4n) is 4.93. The second kappa shape index (κ2) is 13.2. The summed E-state index contributed by atoms with van der Waals surface area (Å²) in [7, 11) is -3.90. The van der Waals surface area contributed by atoms with Crippen LogP contribution in [0.1, 0.15) is 110 Å². The van der Waals surface area contributed by atoms with Gasteiger partial charge in [0.15, 0.2) is 0 Å². The molecule has 1 atom stereocenters. The predicted octanol–water partition coefficient (Wildman–Crippen LogP) is 8.50. The smallest absolute Gasteiger partial charge is 0.229 e. The molecular formula is C30H43O3P. The number of carbonyl (C=O) groups excluding carboxylic acids is 2. The molecule has 34 heavy (non-hydrogen) atoms. The summed E-state index contributed by atoms with van der Waals surface area (Å²) in [6.45, 7) is 12.3. The van der Waals surface area contributed by atoms with Crippen molar-refractivity contribution in [3.63, 3.8) is 0 Å². The Kier molecular flexibility index (Phi) is 11.0. The van der Waals surface area contributed by atoms with Crippen molar-refractivity contribution < 1.29 is 14.2 Å². The van der Waals surface area contributed by atoms with Crippen molar-refractivity contribution in [1.82, 2.24) is 0 Å². The van der Waals surface area contributed by atoms with Gasteiger partial charge in [0.1, 0.15) is 0 Å². The number of rotatable bonds is 14. The zero-order valence-corrected chi connectivity index (χ0v) is 23.0. The van der Waals surface area contributed by atoms with Gasteiger partial charge in [-0.15, -0.1) is 0 Å². The molecule has 0 fully saturated rings. The Balaban J connectivity index is 2.76. The monoisotopic (exact) mass is 482 g/mol. The lowest BCUT2D eigenvalue weighted by atomic mass is 9.98. The van der Waals surface area contributed by atoms with E-state index in [1.54, 1.807) is 0 Å². The van der Waals surface area contributed by atoms with Gasteiger partial charge < -0.3 is 4.57 Å². The minimum absolute atomic E-state index is 0.0939. The second-order valence-corrected chi connectivity index (χ2v) is 11.9. The van der Waals surface area contributed by atoms with Crippen LogP contribution < -0.4 is 0 Å². The van der Waals surface area contributed by atoms with Crippen molar-refractivity contribution in [1.29, 1.82) is 0 Å². The van der Waals surface area contributed by atoms with Crippen molar-refractivity contribution in [2.24, 2.45) is 5.92 Å². The second-order valence-electron chi connectivity index (χ2n) is 9.27. The molecule has 0 aliphatic carbocycles. The molecule has 0 saturated heterocycles. The van der Waals surface area contributed by atoms with E-state index in [0.717, 1.165) is 47.9 Å². The van der Waals surface area contributed by atoms with E-state index in [0.29, 0.717) is 36.8 Å². The molecule has 0 N–H and O–H groups in total. The molecule has 2 aromatic rings. The van der Waals surface area contributed by atoms with Gasteiger partial charge in [-0.3, -0.25) is 9.59 Å². The van der Waals surface area contributed by atoms with Gasteiger partial charge in [-0.05, 0) is 60.3 Å². The molecule has 2 rings (SSSR count). The molecule has 186 valence electrons. The molecule has 4 heteroatoms. The van der Waals surface area contributed by atoms with Crippen molar-refractivity contribution >= 4 is 18.2 Å². The molecule has 0 heterocycles. The van der Waals surface area contributed by atoms with E-state index in [-0.39, 0.29) is 12.1 Å². The predicted molar refractivity (Wildman–Crippen MR) is 145 cm³/mol. The molecule has 2 aromatic carbocycles. The highest BCUT2D eigenvalue weighted by molar-refractivity contribution is 7.95. The van der Waals surface area contributed by atoms with Crippen LogP contribution in [0.3, 0.4) is 0 Å². The lowest BCUT2D eigenvalue weighted by Gasteiger charge is -2.25. The quantitative estimate of drug-likeness (QED) is 0.254. The van der Waals surface area contributed by atoms with Gasteiger partial charge in [0.05, 0.1) is 0 Å². The van der Waals surface area contributed by atoms with E-state index in [4.69, 9.17) is 0 Å². The first kappa shape index (κ1) is 28.2. The Labute approximate surface area is 207 Å². The average Bonchev–Trinajstić information content (AvgIpc) is 2.88. The standard InChI is InChI=1S/C30H43O3P/c1-7-13-16-22(8-2)21-34(33,29(31)27-23(9-3)17-14-18-24(27)10-4)30(32)28-25(11-5)19-15-20-26(28)12-6/h14-15,17-20,22H,7-13,16,21H2,1-6H3. The van der Waals surface area contributed by atoms with Crippen LogP contribution in [-0.4, -0.2) is 17.2 Å². The summed E-state index contributed by atoms with van der Waals surface area (Å²) in [5, 5.41) is 0. The van der Waals surface area contributed by atoms with Crippen LogP contribution >= 0.6 is 7.14 Å². The number of aryl methyl sites for hydroxylation is 4. The van der Waals surface area contributed by atoms with Gasteiger partial charge in [0.25, 0.3) is 0 Å². The topological polar surface area (TPSA) is 51.2 Å². The molecule has 0 radical (unpaired) electrons. The van der Waals surface area contributed by atoms with E-state index in [2.05, 4.69) is 13.8 Å². The molecule has 0 aromatic heterocycles. The van der Waals surface area contributed by atoms with Crippen LogP contribution in [0.15, 0.2) is 36.4 Å². The fraction of sp³-hybridized carbons (Fsp3) is 0.533. The van der Waals surface area contributed by atoms with Crippen LogP contribution in [0.4, 0.5) is 0 Å². The molecular weight excluding hydrogens is 439 g/mol. The Morgan fingerprint density at radius 3 is 1.38 bits per heavy atom. The molecule has 0 spiro atoms. The molecule has 0 aliphatic heterocycles. The van der Waals surface area contributed by atoms with E-state index >= 15 is 0 Å². The van der Waals surface area contributed by atoms with E-state index in [9.17, 15) is 14.2 Å². The van der Waals surface area contributed by atoms with Gasteiger partial charge in [-0.2, -0.15) is 0 Å². The molecule has 0 aliphatic rings. The summed E-state index contributed by atoms with van der Waals surface area (Å²) in [5.41, 5.74) is 3.77. The zero-order chi connectivity index (χ0) is 25.3. The minimum Gasteiger partial charge on any atom is -0.307 e. The minimum atomic E-state index is -3.90. The third-order valence-electron chi connectivity index (χ3n) is 7.14. The first-order valence-electron chi connectivity index (χ1n) is 13.2. The third kappa shape index (κ3) is 5.98. The Hall–Kier alpha value is -1.99. The molecule has 3 nitrogen and oxygen atoms in total. The number of benzene rings is 2. The summed E-state index contributed by atoms with van der Waals surface area (Å²) < 4.78 is 14.9. The van der Waals surface area contributed by atoms with Gasteiger partial charge in [-0.1, -0.05) is 97.2 Å². The maximum absolute atomic E-state index is 14.9. The van der Waals surface area contributed by atoms with Crippen LogP contribution in [-0.2, 0) is 30.2 Å². The van der Waals surface area contributed by atoms with Gasteiger partial charge >= 0.3 is 0 Å². The zero-order valence-electron chi connectivity index (χ0n) is 22.1. The summed E-state index contributed by atoms with van der Waals surface area (Å²) in [6, 6.07) is 11.7. The van der Waals surface area contributed by atoms with E-state index in [1.807, 2.05) is 64.1 Å². The largest absolute Gasteiger partial charge is 0.307 e. The summed E-state index contributed by atoms with van der Waals surface area (Å²) in [5.74, 6) is 0.0939. The highest BCUT2D eigenvalue weighted by atomic mass is 31.2. The summed E-state index contributed by atoms with van der Waals surface area (Å²) >= 11 is 0. The Bertz CT molecular complexity index is 921. The summed E-state index contributed by atoms with van der Waals surface area (Å²) in [4.78, 5) is 28.6. The highest BCUT2D eigenvalue weighted by Crippen LogP contribution is 2.55. The Morgan fingerprint density at radius 2 is 1.09 bits per heavy atom. The van der Waals surface area contributed by atoms with Crippen LogP contribution in [0.25, 0.3) is 0 Å². The normalized spacial score (nSPS) is 12.5. The first-order valence-corrected chi connectivity index (χ1v) is 15.1. The lowest BCUT2D eigenvalue weighted by Crippen LogP contribution is -2.22. The lowest BCUT2D eigenvalue weighted by molar-refractivity contribution is 0.103. The van der Waals surface area contributed by atoms with Gasteiger partial charge in [0, 0.05) is 17.3 Å². The summed E-state index contributed by atoms with van der Waals surface area (Å²) in [6.07, 6.45) is 6.61. The third-order valence-corrected chi connectivity index (χ3v) is 9.93. The van der Waals surface area contributed by atoms with Crippen molar-refractivity contribution in [2.75, 3.05) is 6.16 Å². The molecule has 0 bridgehead atoms. The van der Waals surface area contributed by atoms with Crippen LogP contribution in [0.2, 0.25) is 0 Å². The van der Waals surface area contributed by atoms with Crippen molar-refractivity contribution in [3.05, 3.63) is 69.8 Å². The number of unbranched alkanes of at least 4 members (excludes halogenated alkanes) is 1. The van der Waals surface area contributed by atoms with Crippen LogP contribution in [0, 0.1) is 5.92 Å². The Morgan fingerprint density at radius 1 is 0.706 bits per heavy atom. The molecule has 0 amide bonds. The highest BCUT2D eigenvalue weighted by Gasteiger charge is 2.44. The molecule has 0 saturated carbocycles. The SMILES string of the molecule is CCCCC(CC)CP(=O)(C(=O)c1c(CC)cccc1CC)C(=O)c1c(CC)cccc1CC. The average molecular weight is 483 g/mol. The van der Waals surface area contributed by atoms with Gasteiger partial charge in [0.2, 0.25) is 18.2 Å².